The molecule has 0 saturated carbocycles. The summed E-state index contributed by atoms with van der Waals surface area (Å²) in [5.41, 5.74) is 0.968. The van der Waals surface area contributed by atoms with E-state index in [9.17, 15) is 9.59 Å². The molecule has 21 heavy (non-hydrogen) atoms. The normalized spacial score (nSPS) is 11.1. The first-order valence-corrected chi connectivity index (χ1v) is 7.46. The van der Waals surface area contributed by atoms with Crippen LogP contribution in [0.1, 0.15) is 51.5 Å². The Labute approximate surface area is 126 Å². The molecule has 1 aromatic rings. The van der Waals surface area contributed by atoms with Crippen LogP contribution in [-0.2, 0) is 15.0 Å². The third-order valence-corrected chi connectivity index (χ3v) is 3.55. The van der Waals surface area contributed by atoms with Crippen molar-refractivity contribution in [3.8, 4) is 0 Å². The van der Waals surface area contributed by atoms with Gasteiger partial charge in [-0.1, -0.05) is 50.6 Å². The number of rotatable bonds is 9. The van der Waals surface area contributed by atoms with Crippen LogP contribution in [-0.4, -0.2) is 23.5 Å². The average molecular weight is 291 g/mol. The first-order chi connectivity index (χ1) is 9.92. The molecule has 0 aliphatic carbocycles. The number of hydrogen-bond donors (Lipinski definition) is 2. The number of carboxylic acids is 1. The Hall–Kier alpha value is -1.84. The van der Waals surface area contributed by atoms with Gasteiger partial charge in [-0.2, -0.15) is 0 Å². The summed E-state index contributed by atoms with van der Waals surface area (Å²) in [6.07, 6.45) is 2.97. The van der Waals surface area contributed by atoms with Crippen LogP contribution >= 0.6 is 0 Å². The van der Waals surface area contributed by atoms with E-state index in [0.29, 0.717) is 19.4 Å². The number of hydrogen-bond acceptors (Lipinski definition) is 2. The topological polar surface area (TPSA) is 66.4 Å². The monoisotopic (exact) mass is 291 g/mol. The van der Waals surface area contributed by atoms with Crippen LogP contribution in [0.4, 0.5) is 0 Å². The van der Waals surface area contributed by atoms with Gasteiger partial charge in [0.25, 0.3) is 0 Å². The van der Waals surface area contributed by atoms with E-state index >= 15 is 0 Å². The van der Waals surface area contributed by atoms with Gasteiger partial charge in [-0.05, 0) is 23.8 Å². The van der Waals surface area contributed by atoms with Gasteiger partial charge in [0.05, 0.1) is 0 Å². The summed E-state index contributed by atoms with van der Waals surface area (Å²) in [5.74, 6) is -0.717. The van der Waals surface area contributed by atoms with Crippen molar-refractivity contribution in [3.05, 3.63) is 35.9 Å². The summed E-state index contributed by atoms with van der Waals surface area (Å²) in [6, 6.07) is 10.0. The van der Waals surface area contributed by atoms with E-state index in [1.165, 1.54) is 0 Å². The predicted octanol–water partition coefficient (Wildman–Crippen LogP) is 3.12. The molecule has 0 aliphatic rings. The second kappa shape index (κ2) is 8.45. The Kier molecular flexibility index (Phi) is 6.92. The molecule has 0 bridgehead atoms. The largest absolute Gasteiger partial charge is 0.481 e. The molecular formula is C17H25NO3. The third-order valence-electron chi connectivity index (χ3n) is 3.55. The quantitative estimate of drug-likeness (QED) is 0.687. The molecule has 2 N–H and O–H groups in total. The second-order valence-electron chi connectivity index (χ2n) is 5.98. The molecule has 0 saturated heterocycles. The lowest BCUT2D eigenvalue weighted by Gasteiger charge is -2.24. The highest BCUT2D eigenvalue weighted by Gasteiger charge is 2.23. The van der Waals surface area contributed by atoms with Gasteiger partial charge in [-0.25, -0.2) is 0 Å². The maximum atomic E-state index is 12.0. The summed E-state index contributed by atoms with van der Waals surface area (Å²) in [7, 11) is 0. The molecule has 1 aromatic carbocycles. The predicted molar refractivity (Wildman–Crippen MR) is 83.2 cm³/mol. The highest BCUT2D eigenvalue weighted by Crippen LogP contribution is 2.26. The Balaban J connectivity index is 2.26. The Bertz CT molecular complexity index is 454. The van der Waals surface area contributed by atoms with Crippen LogP contribution < -0.4 is 5.32 Å². The van der Waals surface area contributed by atoms with E-state index in [4.69, 9.17) is 5.11 Å². The summed E-state index contributed by atoms with van der Waals surface area (Å²) >= 11 is 0. The Morgan fingerprint density at radius 2 is 1.76 bits per heavy atom. The molecule has 1 rings (SSSR count). The van der Waals surface area contributed by atoms with E-state index in [1.54, 1.807) is 0 Å². The summed E-state index contributed by atoms with van der Waals surface area (Å²) < 4.78 is 0. The molecule has 0 fully saturated rings. The van der Waals surface area contributed by atoms with Crippen molar-refractivity contribution in [2.24, 2.45) is 0 Å². The number of unbranched alkanes of at least 4 members (excludes halogenated alkanes) is 2. The molecular weight excluding hydrogens is 266 g/mol. The van der Waals surface area contributed by atoms with Crippen LogP contribution in [0, 0.1) is 0 Å². The molecule has 0 radical (unpaired) electrons. The van der Waals surface area contributed by atoms with Crippen molar-refractivity contribution in [2.75, 3.05) is 6.54 Å². The van der Waals surface area contributed by atoms with Gasteiger partial charge in [0.1, 0.15) is 0 Å². The molecule has 4 nitrogen and oxygen atoms in total. The third kappa shape index (κ3) is 6.93. The van der Waals surface area contributed by atoms with Crippen molar-refractivity contribution >= 4 is 11.9 Å². The Morgan fingerprint density at radius 3 is 2.38 bits per heavy atom. The van der Waals surface area contributed by atoms with Crippen LogP contribution in [0.2, 0.25) is 0 Å². The molecule has 4 heteroatoms. The van der Waals surface area contributed by atoms with Gasteiger partial charge in [0, 0.05) is 19.4 Å². The standard InChI is InChI=1S/C17H25NO3/c1-17(2,14-9-5-3-6-10-14)13-15(19)18-12-8-4-7-11-16(20)21/h3,5-6,9-10H,4,7-8,11-13H2,1-2H3,(H,18,19)(H,20,21). The highest BCUT2D eigenvalue weighted by atomic mass is 16.4. The van der Waals surface area contributed by atoms with E-state index in [-0.39, 0.29) is 17.7 Å². The van der Waals surface area contributed by atoms with Crippen molar-refractivity contribution in [1.29, 1.82) is 0 Å². The number of amides is 1. The molecule has 1 amide bonds. The fourth-order valence-corrected chi connectivity index (χ4v) is 2.26. The van der Waals surface area contributed by atoms with Gasteiger partial charge in [0.2, 0.25) is 5.91 Å². The lowest BCUT2D eigenvalue weighted by atomic mass is 9.81. The second-order valence-corrected chi connectivity index (χ2v) is 5.98. The van der Waals surface area contributed by atoms with E-state index in [1.807, 2.05) is 30.3 Å². The highest BCUT2D eigenvalue weighted by molar-refractivity contribution is 5.77. The maximum Gasteiger partial charge on any atom is 0.303 e. The molecule has 0 unspecified atom stereocenters. The number of benzene rings is 1. The Morgan fingerprint density at radius 1 is 1.10 bits per heavy atom. The van der Waals surface area contributed by atoms with E-state index in [0.717, 1.165) is 18.4 Å². The van der Waals surface area contributed by atoms with Crippen LogP contribution in [0.5, 0.6) is 0 Å². The van der Waals surface area contributed by atoms with Gasteiger partial charge < -0.3 is 10.4 Å². The van der Waals surface area contributed by atoms with Gasteiger partial charge in [-0.15, -0.1) is 0 Å². The number of carbonyl (C=O) groups is 2. The van der Waals surface area contributed by atoms with Gasteiger partial charge in [0.15, 0.2) is 0 Å². The van der Waals surface area contributed by atoms with Crippen molar-refractivity contribution in [2.45, 2.75) is 51.4 Å². The lowest BCUT2D eigenvalue weighted by molar-refractivity contribution is -0.137. The minimum absolute atomic E-state index is 0.0436. The molecule has 0 spiro atoms. The SMILES string of the molecule is CC(C)(CC(=O)NCCCCCC(=O)O)c1ccccc1. The molecule has 0 aliphatic heterocycles. The molecule has 0 aromatic heterocycles. The number of carboxylic acid groups (broad SMARTS) is 1. The first kappa shape index (κ1) is 17.2. The smallest absolute Gasteiger partial charge is 0.303 e. The zero-order chi connectivity index (χ0) is 15.7. The minimum atomic E-state index is -0.761. The minimum Gasteiger partial charge on any atom is -0.481 e. The van der Waals surface area contributed by atoms with Crippen molar-refractivity contribution in [3.63, 3.8) is 0 Å². The summed E-state index contributed by atoms with van der Waals surface area (Å²) in [5, 5.41) is 11.4. The maximum absolute atomic E-state index is 12.0. The number of nitrogens with one attached hydrogen (secondary N) is 1. The van der Waals surface area contributed by atoms with E-state index < -0.39 is 5.97 Å². The molecule has 0 atom stereocenters. The zero-order valence-electron chi connectivity index (χ0n) is 12.9. The molecule has 116 valence electrons. The van der Waals surface area contributed by atoms with Gasteiger partial charge in [-0.3, -0.25) is 9.59 Å². The van der Waals surface area contributed by atoms with Crippen LogP contribution in [0.3, 0.4) is 0 Å². The average Bonchev–Trinajstić information content (AvgIpc) is 2.43. The molecule has 0 heterocycles. The first-order valence-electron chi connectivity index (χ1n) is 7.46. The fraction of sp³-hybridized carbons (Fsp3) is 0.529. The van der Waals surface area contributed by atoms with Crippen LogP contribution in [0.15, 0.2) is 30.3 Å². The summed E-state index contributed by atoms with van der Waals surface area (Å²) in [6.45, 7) is 4.74. The number of carbonyl (C=O) groups excluding carboxylic acids is 1. The zero-order valence-corrected chi connectivity index (χ0v) is 12.9. The fourth-order valence-electron chi connectivity index (χ4n) is 2.26. The van der Waals surface area contributed by atoms with Crippen molar-refractivity contribution in [1.82, 2.24) is 5.32 Å². The number of aliphatic carboxylic acids is 1. The van der Waals surface area contributed by atoms with Crippen LogP contribution in [0.25, 0.3) is 0 Å². The van der Waals surface area contributed by atoms with E-state index in [2.05, 4.69) is 19.2 Å². The lowest BCUT2D eigenvalue weighted by Crippen LogP contribution is -2.31. The summed E-state index contributed by atoms with van der Waals surface area (Å²) in [4.78, 5) is 22.3. The van der Waals surface area contributed by atoms with Gasteiger partial charge >= 0.3 is 5.97 Å². The van der Waals surface area contributed by atoms with Crippen molar-refractivity contribution < 1.29 is 14.7 Å².